The molecular weight excluding hydrogens is 250 g/mol. The molecule has 0 unspecified atom stereocenters. The van der Waals surface area contributed by atoms with Gasteiger partial charge >= 0.3 is 0 Å². The van der Waals surface area contributed by atoms with Crippen molar-refractivity contribution in [1.82, 2.24) is 9.29 Å². The highest BCUT2D eigenvalue weighted by Crippen LogP contribution is 2.22. The number of anilines is 1. The van der Waals surface area contributed by atoms with Gasteiger partial charge in [0.2, 0.25) is 10.0 Å². The maximum absolute atomic E-state index is 12.5. The Morgan fingerprint density at radius 2 is 1.89 bits per heavy atom. The van der Waals surface area contributed by atoms with Gasteiger partial charge in [-0.05, 0) is 25.0 Å². The molecule has 0 saturated heterocycles. The van der Waals surface area contributed by atoms with Gasteiger partial charge in [0.25, 0.3) is 0 Å². The van der Waals surface area contributed by atoms with Gasteiger partial charge < -0.3 is 5.32 Å². The highest BCUT2D eigenvalue weighted by molar-refractivity contribution is 7.89. The topological polar surface area (TPSA) is 62.3 Å². The fourth-order valence-electron chi connectivity index (χ4n) is 1.78. The summed E-state index contributed by atoms with van der Waals surface area (Å²) in [6.45, 7) is 5.02. The number of pyridine rings is 1. The molecule has 18 heavy (non-hydrogen) atoms. The molecule has 0 saturated carbocycles. The molecule has 1 aromatic heterocycles. The van der Waals surface area contributed by atoms with Gasteiger partial charge in [-0.2, -0.15) is 4.31 Å². The van der Waals surface area contributed by atoms with Gasteiger partial charge in [0.15, 0.2) is 0 Å². The van der Waals surface area contributed by atoms with Crippen molar-refractivity contribution in [2.45, 2.75) is 31.6 Å². The first-order valence-electron chi connectivity index (χ1n) is 6.20. The molecule has 5 nitrogen and oxygen atoms in total. The predicted octanol–water partition coefficient (Wildman–Crippen LogP) is 1.93. The van der Waals surface area contributed by atoms with Crippen LogP contribution in [0.4, 0.5) is 5.82 Å². The van der Waals surface area contributed by atoms with E-state index in [0.717, 1.165) is 12.8 Å². The largest absolute Gasteiger partial charge is 0.372 e. The fourth-order valence-corrected chi connectivity index (χ4v) is 3.55. The van der Waals surface area contributed by atoms with Gasteiger partial charge in [-0.1, -0.05) is 13.8 Å². The van der Waals surface area contributed by atoms with Crippen LogP contribution >= 0.6 is 0 Å². The summed E-state index contributed by atoms with van der Waals surface area (Å²) in [5.74, 6) is 0.398. The molecule has 6 heteroatoms. The van der Waals surface area contributed by atoms with Gasteiger partial charge in [0.1, 0.15) is 10.7 Å². The van der Waals surface area contributed by atoms with Crippen LogP contribution in [0.1, 0.15) is 26.7 Å². The molecule has 0 aliphatic rings. The van der Waals surface area contributed by atoms with Crippen molar-refractivity contribution in [2.75, 3.05) is 25.5 Å². The molecule has 0 amide bonds. The van der Waals surface area contributed by atoms with Crippen molar-refractivity contribution < 1.29 is 8.42 Å². The smallest absolute Gasteiger partial charge is 0.246 e. The third-order valence-corrected chi connectivity index (χ3v) is 4.50. The van der Waals surface area contributed by atoms with Crippen molar-refractivity contribution >= 4 is 15.8 Å². The van der Waals surface area contributed by atoms with E-state index < -0.39 is 10.0 Å². The Kier molecular flexibility index (Phi) is 5.55. The number of sulfonamides is 1. The normalized spacial score (nSPS) is 11.8. The lowest BCUT2D eigenvalue weighted by Gasteiger charge is -2.21. The van der Waals surface area contributed by atoms with Gasteiger partial charge in [-0.25, -0.2) is 13.4 Å². The van der Waals surface area contributed by atoms with Gasteiger partial charge in [0, 0.05) is 26.3 Å². The SMILES string of the molecule is CCCN(CCC)S(=O)(=O)c1cccnc1NC. The Morgan fingerprint density at radius 3 is 2.39 bits per heavy atom. The highest BCUT2D eigenvalue weighted by atomic mass is 32.2. The zero-order valence-electron chi connectivity index (χ0n) is 11.2. The summed E-state index contributed by atoms with van der Waals surface area (Å²) in [6.07, 6.45) is 3.18. The Hall–Kier alpha value is -1.14. The van der Waals surface area contributed by atoms with E-state index in [1.54, 1.807) is 25.4 Å². The number of hydrogen-bond donors (Lipinski definition) is 1. The minimum absolute atomic E-state index is 0.245. The van der Waals surface area contributed by atoms with Crippen LogP contribution in [-0.2, 0) is 10.0 Å². The summed E-state index contributed by atoms with van der Waals surface area (Å²) < 4.78 is 26.6. The summed E-state index contributed by atoms with van der Waals surface area (Å²) in [4.78, 5) is 4.29. The van der Waals surface area contributed by atoms with Crippen LogP contribution in [-0.4, -0.2) is 37.8 Å². The standard InChI is InChI=1S/C12H21N3O2S/c1-4-9-15(10-5-2)18(16,17)11-7-6-8-14-12(11)13-3/h6-8H,4-5,9-10H2,1-3H3,(H,13,14). The molecule has 0 atom stereocenters. The van der Waals surface area contributed by atoms with Crippen molar-refractivity contribution in [2.24, 2.45) is 0 Å². The predicted molar refractivity (Wildman–Crippen MR) is 73.1 cm³/mol. The summed E-state index contributed by atoms with van der Waals surface area (Å²) in [7, 11) is -1.79. The third-order valence-electron chi connectivity index (χ3n) is 2.57. The number of nitrogens with one attached hydrogen (secondary N) is 1. The van der Waals surface area contributed by atoms with E-state index in [0.29, 0.717) is 18.9 Å². The molecule has 1 rings (SSSR count). The first kappa shape index (κ1) is 14.9. The quantitative estimate of drug-likeness (QED) is 0.823. The van der Waals surface area contributed by atoms with E-state index in [-0.39, 0.29) is 4.90 Å². The van der Waals surface area contributed by atoms with Crippen LogP contribution in [0.25, 0.3) is 0 Å². The maximum Gasteiger partial charge on any atom is 0.246 e. The molecule has 0 aromatic carbocycles. The molecule has 0 fully saturated rings. The van der Waals surface area contributed by atoms with E-state index in [1.165, 1.54) is 4.31 Å². The fraction of sp³-hybridized carbons (Fsp3) is 0.583. The molecule has 0 aliphatic carbocycles. The van der Waals surface area contributed by atoms with Crippen LogP contribution in [0.5, 0.6) is 0 Å². The first-order valence-corrected chi connectivity index (χ1v) is 7.64. The summed E-state index contributed by atoms with van der Waals surface area (Å²) in [6, 6.07) is 3.23. The Balaban J connectivity index is 3.17. The van der Waals surface area contributed by atoms with Crippen LogP contribution < -0.4 is 5.32 Å². The molecular formula is C12H21N3O2S. The zero-order chi connectivity index (χ0) is 13.6. The van der Waals surface area contributed by atoms with Crippen LogP contribution in [0.15, 0.2) is 23.2 Å². The second kappa shape index (κ2) is 6.70. The summed E-state index contributed by atoms with van der Waals surface area (Å²) in [5.41, 5.74) is 0. The average molecular weight is 271 g/mol. The molecule has 0 aliphatic heterocycles. The van der Waals surface area contributed by atoms with Gasteiger partial charge in [0.05, 0.1) is 0 Å². The van der Waals surface area contributed by atoms with Crippen LogP contribution in [0, 0.1) is 0 Å². The monoisotopic (exact) mass is 271 g/mol. The molecule has 1 aromatic rings. The van der Waals surface area contributed by atoms with Crippen molar-refractivity contribution in [3.8, 4) is 0 Å². The Bertz CT molecular complexity index is 468. The first-order chi connectivity index (χ1) is 8.57. The zero-order valence-corrected chi connectivity index (χ0v) is 12.0. The van der Waals surface area contributed by atoms with E-state index in [9.17, 15) is 8.42 Å². The molecule has 0 spiro atoms. The number of hydrogen-bond acceptors (Lipinski definition) is 4. The number of rotatable bonds is 7. The highest BCUT2D eigenvalue weighted by Gasteiger charge is 2.25. The molecule has 1 heterocycles. The summed E-state index contributed by atoms with van der Waals surface area (Å²) >= 11 is 0. The van der Waals surface area contributed by atoms with E-state index in [4.69, 9.17) is 0 Å². The van der Waals surface area contributed by atoms with Gasteiger partial charge in [-0.3, -0.25) is 0 Å². The van der Waals surface area contributed by atoms with Crippen molar-refractivity contribution in [3.63, 3.8) is 0 Å². The minimum atomic E-state index is -3.46. The Labute approximate surface area is 109 Å². The van der Waals surface area contributed by atoms with Crippen LogP contribution in [0.3, 0.4) is 0 Å². The van der Waals surface area contributed by atoms with Crippen LogP contribution in [0.2, 0.25) is 0 Å². The maximum atomic E-state index is 12.5. The van der Waals surface area contributed by atoms with E-state index >= 15 is 0 Å². The summed E-state index contributed by atoms with van der Waals surface area (Å²) in [5, 5.41) is 2.82. The van der Waals surface area contributed by atoms with Crippen molar-refractivity contribution in [1.29, 1.82) is 0 Å². The van der Waals surface area contributed by atoms with E-state index in [1.807, 2.05) is 13.8 Å². The van der Waals surface area contributed by atoms with E-state index in [2.05, 4.69) is 10.3 Å². The number of nitrogens with zero attached hydrogens (tertiary/aromatic N) is 2. The Morgan fingerprint density at radius 1 is 1.28 bits per heavy atom. The minimum Gasteiger partial charge on any atom is -0.372 e. The third kappa shape index (κ3) is 3.20. The van der Waals surface area contributed by atoms with Crippen molar-refractivity contribution in [3.05, 3.63) is 18.3 Å². The molecule has 0 bridgehead atoms. The lowest BCUT2D eigenvalue weighted by Crippen LogP contribution is -2.33. The lowest BCUT2D eigenvalue weighted by molar-refractivity contribution is 0.410. The number of aromatic nitrogens is 1. The molecule has 1 N–H and O–H groups in total. The molecule has 102 valence electrons. The van der Waals surface area contributed by atoms with Gasteiger partial charge in [-0.15, -0.1) is 0 Å². The lowest BCUT2D eigenvalue weighted by atomic mass is 10.4. The second-order valence-corrected chi connectivity index (χ2v) is 5.91. The molecule has 0 radical (unpaired) electrons. The average Bonchev–Trinajstić information content (AvgIpc) is 2.38. The second-order valence-electron chi connectivity index (χ2n) is 4.00.